The van der Waals surface area contributed by atoms with E-state index >= 15 is 0 Å². The summed E-state index contributed by atoms with van der Waals surface area (Å²) in [5, 5.41) is 6.25. The number of rotatable bonds is 3. The Hall–Kier alpha value is -4.59. The molecule has 4 heterocycles. The molecule has 1 aliphatic carbocycles. The largest absolute Gasteiger partial charge is 0.340 e. The highest BCUT2D eigenvalue weighted by Crippen LogP contribution is 2.47. The summed E-state index contributed by atoms with van der Waals surface area (Å²) in [6, 6.07) is 17.9. The number of nitrogens with one attached hydrogen (secondary N) is 2. The maximum absolute atomic E-state index is 13.6. The van der Waals surface area contributed by atoms with Crippen molar-refractivity contribution in [2.24, 2.45) is 0 Å². The summed E-state index contributed by atoms with van der Waals surface area (Å²) in [7, 11) is 0. The number of benzene rings is 2. The van der Waals surface area contributed by atoms with Gasteiger partial charge in [0.15, 0.2) is 0 Å². The molecule has 2 aromatic carbocycles. The number of carbonyl (C=O) groups is 2. The molecule has 0 fully saturated rings. The summed E-state index contributed by atoms with van der Waals surface area (Å²) in [6.45, 7) is 0.515. The van der Waals surface area contributed by atoms with Crippen molar-refractivity contribution in [3.8, 4) is 0 Å². The summed E-state index contributed by atoms with van der Waals surface area (Å²) in [6.07, 6.45) is 5.16. The summed E-state index contributed by atoms with van der Waals surface area (Å²) < 4.78 is 13.6. The second-order valence-corrected chi connectivity index (χ2v) is 9.81. The van der Waals surface area contributed by atoms with Crippen LogP contribution in [0.5, 0.6) is 0 Å². The third-order valence-corrected chi connectivity index (χ3v) is 7.64. The van der Waals surface area contributed by atoms with E-state index in [-0.39, 0.29) is 17.6 Å². The number of anilines is 4. The molecule has 37 heavy (non-hydrogen) atoms. The minimum absolute atomic E-state index is 0.00832. The van der Waals surface area contributed by atoms with Crippen LogP contribution in [0, 0.1) is 5.82 Å². The molecule has 0 saturated heterocycles. The molecule has 7 rings (SSSR count). The molecule has 2 aromatic heterocycles. The fraction of sp³-hybridized carbons (Fsp3) is 0.172. The fourth-order valence-corrected chi connectivity index (χ4v) is 5.86. The van der Waals surface area contributed by atoms with Gasteiger partial charge in [0, 0.05) is 41.4 Å². The van der Waals surface area contributed by atoms with Crippen LogP contribution in [-0.2, 0) is 29.5 Å². The van der Waals surface area contributed by atoms with Crippen molar-refractivity contribution in [3.05, 3.63) is 107 Å². The quantitative estimate of drug-likeness (QED) is 0.439. The molecule has 7 nitrogen and oxygen atoms in total. The molecule has 2 aliphatic heterocycles. The molecule has 1 unspecified atom stereocenters. The Morgan fingerprint density at radius 1 is 0.973 bits per heavy atom. The number of halogens is 1. The summed E-state index contributed by atoms with van der Waals surface area (Å²) in [5.41, 5.74) is 5.49. The van der Waals surface area contributed by atoms with Gasteiger partial charge >= 0.3 is 0 Å². The minimum Gasteiger partial charge on any atom is -0.340 e. The van der Waals surface area contributed by atoms with Gasteiger partial charge in [0.2, 0.25) is 5.91 Å². The molecule has 182 valence electrons. The standard InChI is InChI=1S/C29H22FN5O2/c30-21-4-6-24-17(12-21)8-11-35(24)27(36)18-7-10-31-25(14-18)33-22-5-3-19-15-29(16-20(19)13-22)23-2-1-9-32-26(23)34-28(29)37/h1-7,9-10,12-14H,8,11,15-16H2,(H,31,33)(H,32,34,37). The molecule has 0 bridgehead atoms. The second-order valence-electron chi connectivity index (χ2n) is 9.81. The Kier molecular flexibility index (Phi) is 4.66. The van der Waals surface area contributed by atoms with Gasteiger partial charge in [-0.25, -0.2) is 14.4 Å². The first-order valence-corrected chi connectivity index (χ1v) is 12.2. The van der Waals surface area contributed by atoms with Crippen LogP contribution in [0.3, 0.4) is 0 Å². The number of hydrogen-bond donors (Lipinski definition) is 2. The number of pyridine rings is 2. The van der Waals surface area contributed by atoms with E-state index in [1.807, 2.05) is 30.3 Å². The SMILES string of the molecule is O=C(c1ccnc(Nc2ccc3c(c2)CC2(C3)C(=O)Nc3ncccc32)c1)N1CCc2cc(F)ccc21. The third kappa shape index (κ3) is 3.40. The number of nitrogens with zero attached hydrogens (tertiary/aromatic N) is 3. The van der Waals surface area contributed by atoms with Crippen molar-refractivity contribution >= 4 is 34.8 Å². The van der Waals surface area contributed by atoms with E-state index in [1.54, 1.807) is 35.5 Å². The molecule has 1 spiro atoms. The van der Waals surface area contributed by atoms with Crippen LogP contribution >= 0.6 is 0 Å². The predicted octanol–water partition coefficient (Wildman–Crippen LogP) is 4.55. The average Bonchev–Trinajstić information content (AvgIpc) is 3.57. The highest BCUT2D eigenvalue weighted by molar-refractivity contribution is 6.08. The van der Waals surface area contributed by atoms with Crippen LogP contribution in [0.4, 0.5) is 27.4 Å². The summed E-state index contributed by atoms with van der Waals surface area (Å²) in [4.78, 5) is 36.7. The molecule has 3 aliphatic rings. The van der Waals surface area contributed by atoms with E-state index < -0.39 is 5.41 Å². The first-order valence-electron chi connectivity index (χ1n) is 12.2. The number of carbonyl (C=O) groups excluding carboxylic acids is 2. The second kappa shape index (κ2) is 7.96. The van der Waals surface area contributed by atoms with E-state index in [4.69, 9.17) is 0 Å². The fourth-order valence-electron chi connectivity index (χ4n) is 5.86. The van der Waals surface area contributed by atoms with Crippen LogP contribution in [-0.4, -0.2) is 28.3 Å². The van der Waals surface area contributed by atoms with Gasteiger partial charge < -0.3 is 15.5 Å². The molecular weight excluding hydrogens is 469 g/mol. The van der Waals surface area contributed by atoms with Gasteiger partial charge in [-0.3, -0.25) is 9.59 Å². The first kappa shape index (κ1) is 21.7. The Bertz CT molecular complexity index is 1620. The van der Waals surface area contributed by atoms with Gasteiger partial charge in [-0.15, -0.1) is 0 Å². The van der Waals surface area contributed by atoms with E-state index in [0.29, 0.717) is 43.0 Å². The molecule has 4 aromatic rings. The van der Waals surface area contributed by atoms with Gasteiger partial charge in [0.1, 0.15) is 17.5 Å². The molecular formula is C29H22FN5O2. The molecule has 2 N–H and O–H groups in total. The number of fused-ring (bicyclic) bond motifs is 4. The van der Waals surface area contributed by atoms with Crippen LogP contribution < -0.4 is 15.5 Å². The van der Waals surface area contributed by atoms with Gasteiger partial charge in [-0.1, -0.05) is 12.1 Å². The summed E-state index contributed by atoms with van der Waals surface area (Å²) in [5.74, 6) is 0.746. The lowest BCUT2D eigenvalue weighted by atomic mass is 9.79. The van der Waals surface area contributed by atoms with E-state index in [2.05, 4.69) is 20.6 Å². The first-order chi connectivity index (χ1) is 18.0. The molecule has 8 heteroatoms. The van der Waals surface area contributed by atoms with Crippen LogP contribution in [0.15, 0.2) is 73.1 Å². The monoisotopic (exact) mass is 491 g/mol. The van der Waals surface area contributed by atoms with Gasteiger partial charge in [-0.2, -0.15) is 0 Å². The van der Waals surface area contributed by atoms with E-state index in [1.165, 1.54) is 12.1 Å². The van der Waals surface area contributed by atoms with Crippen molar-refractivity contribution in [1.82, 2.24) is 9.97 Å². The van der Waals surface area contributed by atoms with Crippen LogP contribution in [0.1, 0.15) is 32.6 Å². The zero-order chi connectivity index (χ0) is 25.1. The maximum atomic E-state index is 13.6. The Morgan fingerprint density at radius 2 is 1.86 bits per heavy atom. The minimum atomic E-state index is -0.621. The number of amides is 2. The van der Waals surface area contributed by atoms with Crippen molar-refractivity contribution < 1.29 is 14.0 Å². The Labute approximate surface area is 212 Å². The van der Waals surface area contributed by atoms with Crippen molar-refractivity contribution in [2.45, 2.75) is 24.7 Å². The smallest absolute Gasteiger partial charge is 0.258 e. The highest BCUT2D eigenvalue weighted by Gasteiger charge is 2.51. The lowest BCUT2D eigenvalue weighted by Crippen LogP contribution is -2.35. The lowest BCUT2D eigenvalue weighted by molar-refractivity contribution is -0.120. The number of aromatic nitrogens is 2. The van der Waals surface area contributed by atoms with Crippen LogP contribution in [0.2, 0.25) is 0 Å². The topological polar surface area (TPSA) is 87.2 Å². The molecule has 2 amide bonds. The Morgan fingerprint density at radius 3 is 2.78 bits per heavy atom. The molecule has 0 saturated carbocycles. The highest BCUT2D eigenvalue weighted by atomic mass is 19.1. The molecule has 0 radical (unpaired) electrons. The zero-order valence-electron chi connectivity index (χ0n) is 19.8. The third-order valence-electron chi connectivity index (χ3n) is 7.64. The van der Waals surface area contributed by atoms with Crippen LogP contribution in [0.25, 0.3) is 0 Å². The van der Waals surface area contributed by atoms with Crippen molar-refractivity contribution in [2.75, 3.05) is 22.1 Å². The maximum Gasteiger partial charge on any atom is 0.258 e. The van der Waals surface area contributed by atoms with Crippen molar-refractivity contribution in [3.63, 3.8) is 0 Å². The predicted molar refractivity (Wildman–Crippen MR) is 138 cm³/mol. The van der Waals surface area contributed by atoms with Gasteiger partial charge in [-0.05, 0) is 84.5 Å². The van der Waals surface area contributed by atoms with Gasteiger partial charge in [0.25, 0.3) is 5.91 Å². The Balaban J connectivity index is 1.13. The average molecular weight is 492 g/mol. The van der Waals surface area contributed by atoms with E-state index in [0.717, 1.165) is 33.6 Å². The number of hydrogen-bond acceptors (Lipinski definition) is 5. The molecule has 1 atom stereocenters. The zero-order valence-corrected chi connectivity index (χ0v) is 19.8. The van der Waals surface area contributed by atoms with Crippen molar-refractivity contribution in [1.29, 1.82) is 0 Å². The summed E-state index contributed by atoms with van der Waals surface area (Å²) >= 11 is 0. The van der Waals surface area contributed by atoms with E-state index in [9.17, 15) is 14.0 Å². The lowest BCUT2D eigenvalue weighted by Gasteiger charge is -2.20. The van der Waals surface area contributed by atoms with Gasteiger partial charge in [0.05, 0.1) is 5.41 Å². The normalized spacial score (nSPS) is 18.9.